The largest absolute Gasteiger partial charge is 0.494 e. The van der Waals surface area contributed by atoms with Gasteiger partial charge in [-0.2, -0.15) is 5.26 Å². The maximum atomic E-state index is 12.7. The molecule has 2 aromatic rings. The summed E-state index contributed by atoms with van der Waals surface area (Å²) < 4.78 is 5.42. The maximum Gasteiger partial charge on any atom is 0.266 e. The summed E-state index contributed by atoms with van der Waals surface area (Å²) in [5.41, 5.74) is 4.12. The zero-order valence-electron chi connectivity index (χ0n) is 19.9. The van der Waals surface area contributed by atoms with Crippen LogP contribution in [-0.4, -0.2) is 24.1 Å². The summed E-state index contributed by atoms with van der Waals surface area (Å²) in [6.45, 7) is 13.8. The van der Waals surface area contributed by atoms with Gasteiger partial charge < -0.3 is 15.0 Å². The number of anilines is 2. The van der Waals surface area contributed by atoms with Crippen LogP contribution < -0.4 is 15.0 Å². The number of benzene rings is 2. The van der Waals surface area contributed by atoms with Crippen LogP contribution in [0.15, 0.2) is 48.0 Å². The van der Waals surface area contributed by atoms with Gasteiger partial charge in [0.1, 0.15) is 17.4 Å². The van der Waals surface area contributed by atoms with Crippen molar-refractivity contribution in [3.05, 3.63) is 59.2 Å². The molecule has 0 bridgehead atoms. The number of fused-ring (bicyclic) bond motifs is 1. The predicted molar refractivity (Wildman–Crippen MR) is 131 cm³/mol. The highest BCUT2D eigenvalue weighted by Gasteiger charge is 2.37. The Bertz CT molecular complexity index is 1050. The fraction of sp³-hybridized carbons (Fsp3) is 0.407. The molecule has 1 aliphatic rings. The van der Waals surface area contributed by atoms with Gasteiger partial charge >= 0.3 is 0 Å². The van der Waals surface area contributed by atoms with E-state index in [0.717, 1.165) is 17.7 Å². The summed E-state index contributed by atoms with van der Waals surface area (Å²) in [6, 6.07) is 15.8. The molecule has 0 aliphatic carbocycles. The molecule has 0 radical (unpaired) electrons. The molecule has 1 amide bonds. The van der Waals surface area contributed by atoms with Gasteiger partial charge in [-0.25, -0.2) is 0 Å². The van der Waals surface area contributed by atoms with Gasteiger partial charge in [-0.1, -0.05) is 13.0 Å². The molecule has 0 saturated heterocycles. The molecule has 32 heavy (non-hydrogen) atoms. The van der Waals surface area contributed by atoms with Crippen molar-refractivity contribution >= 4 is 23.4 Å². The molecule has 0 aromatic heterocycles. The molecule has 0 saturated carbocycles. The standard InChI is InChI=1S/C27H33N3O2/c1-7-32-23-11-9-22(10-12-23)29-26(31)21(17-28)14-20-8-13-25-24(15-20)19(4)16-27(5,6)30(25)18(2)3/h8-15,18-19H,7,16H2,1-6H3,(H,29,31)/b21-14-/t19-/m0/s1. The van der Waals surface area contributed by atoms with E-state index in [1.807, 2.05) is 19.1 Å². The molecule has 0 spiro atoms. The van der Waals surface area contributed by atoms with Gasteiger partial charge in [0.25, 0.3) is 5.91 Å². The number of carbonyl (C=O) groups excluding carboxylic acids is 1. The van der Waals surface area contributed by atoms with Gasteiger partial charge in [0, 0.05) is 23.0 Å². The van der Waals surface area contributed by atoms with Gasteiger partial charge in [-0.3, -0.25) is 4.79 Å². The first-order valence-electron chi connectivity index (χ1n) is 11.3. The van der Waals surface area contributed by atoms with Crippen molar-refractivity contribution < 1.29 is 9.53 Å². The zero-order chi connectivity index (χ0) is 23.5. The first-order chi connectivity index (χ1) is 15.2. The first kappa shape index (κ1) is 23.4. The number of amides is 1. The Balaban J connectivity index is 1.86. The van der Waals surface area contributed by atoms with Crippen LogP contribution in [0.1, 0.15) is 65.0 Å². The number of ether oxygens (including phenoxy) is 1. The Morgan fingerprint density at radius 3 is 2.56 bits per heavy atom. The molecule has 3 rings (SSSR count). The van der Waals surface area contributed by atoms with Crippen molar-refractivity contribution in [2.24, 2.45) is 0 Å². The van der Waals surface area contributed by atoms with Crippen molar-refractivity contribution in [1.29, 1.82) is 5.26 Å². The highest BCUT2D eigenvalue weighted by Crippen LogP contribution is 2.44. The van der Waals surface area contributed by atoms with Crippen LogP contribution in [0, 0.1) is 11.3 Å². The third kappa shape index (κ3) is 4.96. The van der Waals surface area contributed by atoms with Crippen LogP contribution in [-0.2, 0) is 4.79 Å². The van der Waals surface area contributed by atoms with E-state index in [4.69, 9.17) is 4.74 Å². The van der Waals surface area contributed by atoms with Crippen LogP contribution in [0.3, 0.4) is 0 Å². The second-order valence-electron chi connectivity index (χ2n) is 9.28. The molecule has 1 aliphatic heterocycles. The van der Waals surface area contributed by atoms with E-state index in [1.54, 1.807) is 30.3 Å². The van der Waals surface area contributed by atoms with Crippen LogP contribution in [0.25, 0.3) is 6.08 Å². The van der Waals surface area contributed by atoms with E-state index in [-0.39, 0.29) is 11.1 Å². The molecule has 2 aromatic carbocycles. The summed E-state index contributed by atoms with van der Waals surface area (Å²) in [5, 5.41) is 12.4. The Morgan fingerprint density at radius 1 is 1.28 bits per heavy atom. The van der Waals surface area contributed by atoms with E-state index >= 15 is 0 Å². The fourth-order valence-corrected chi connectivity index (χ4v) is 4.85. The number of nitrogens with one attached hydrogen (secondary N) is 1. The zero-order valence-corrected chi connectivity index (χ0v) is 19.9. The van der Waals surface area contributed by atoms with E-state index in [2.05, 4.69) is 57.0 Å². The third-order valence-electron chi connectivity index (χ3n) is 5.92. The molecule has 168 valence electrons. The highest BCUT2D eigenvalue weighted by atomic mass is 16.5. The van der Waals surface area contributed by atoms with Crippen LogP contribution in [0.5, 0.6) is 5.75 Å². The third-order valence-corrected chi connectivity index (χ3v) is 5.92. The van der Waals surface area contributed by atoms with Crippen molar-refractivity contribution in [2.75, 3.05) is 16.8 Å². The lowest BCUT2D eigenvalue weighted by molar-refractivity contribution is -0.112. The minimum atomic E-state index is -0.424. The Labute approximate surface area is 191 Å². The lowest BCUT2D eigenvalue weighted by Crippen LogP contribution is -2.51. The normalized spacial score (nSPS) is 17.5. The lowest BCUT2D eigenvalue weighted by Gasteiger charge is -2.50. The van der Waals surface area contributed by atoms with Crippen molar-refractivity contribution in [1.82, 2.24) is 0 Å². The van der Waals surface area contributed by atoms with Gasteiger partial charge in [-0.15, -0.1) is 0 Å². The molecule has 1 heterocycles. The maximum absolute atomic E-state index is 12.7. The van der Waals surface area contributed by atoms with E-state index < -0.39 is 5.91 Å². The number of rotatable bonds is 6. The monoisotopic (exact) mass is 431 g/mol. The second kappa shape index (κ2) is 9.48. The summed E-state index contributed by atoms with van der Waals surface area (Å²) >= 11 is 0. The van der Waals surface area contributed by atoms with Crippen molar-refractivity contribution in [3.8, 4) is 11.8 Å². The second-order valence-corrected chi connectivity index (χ2v) is 9.28. The van der Waals surface area contributed by atoms with E-state index in [0.29, 0.717) is 24.3 Å². The lowest BCUT2D eigenvalue weighted by atomic mass is 9.79. The van der Waals surface area contributed by atoms with Gasteiger partial charge in [0.2, 0.25) is 0 Å². The number of hydrogen-bond acceptors (Lipinski definition) is 4. The van der Waals surface area contributed by atoms with E-state index in [9.17, 15) is 10.1 Å². The molecule has 0 unspecified atom stereocenters. The van der Waals surface area contributed by atoms with Crippen LogP contribution >= 0.6 is 0 Å². The van der Waals surface area contributed by atoms with Gasteiger partial charge in [0.15, 0.2) is 0 Å². The summed E-state index contributed by atoms with van der Waals surface area (Å²) in [4.78, 5) is 15.2. The fourth-order valence-electron chi connectivity index (χ4n) is 4.85. The SMILES string of the molecule is CCOc1ccc(NC(=O)/C(C#N)=C\c2ccc3c(c2)[C@@H](C)CC(C)(C)N3C(C)C)cc1. The summed E-state index contributed by atoms with van der Waals surface area (Å²) in [5.74, 6) is 0.710. The van der Waals surface area contributed by atoms with Gasteiger partial charge in [-0.05, 0) is 101 Å². The molecule has 0 fully saturated rings. The average molecular weight is 432 g/mol. The molecule has 1 atom stereocenters. The molecule has 5 heteroatoms. The Morgan fingerprint density at radius 2 is 1.97 bits per heavy atom. The number of hydrogen-bond donors (Lipinski definition) is 1. The quantitative estimate of drug-likeness (QED) is 0.441. The molecular weight excluding hydrogens is 398 g/mol. The average Bonchev–Trinajstić information content (AvgIpc) is 2.73. The Kier molecular flexibility index (Phi) is 6.93. The van der Waals surface area contributed by atoms with Crippen molar-refractivity contribution in [3.63, 3.8) is 0 Å². The molecule has 5 nitrogen and oxygen atoms in total. The topological polar surface area (TPSA) is 65.4 Å². The minimum absolute atomic E-state index is 0.0725. The van der Waals surface area contributed by atoms with Gasteiger partial charge in [0.05, 0.1) is 6.61 Å². The number of carbonyl (C=O) groups is 1. The number of nitrogens with zero attached hydrogens (tertiary/aromatic N) is 2. The Hall–Kier alpha value is -3.26. The van der Waals surface area contributed by atoms with Crippen LogP contribution in [0.4, 0.5) is 11.4 Å². The summed E-state index contributed by atoms with van der Waals surface area (Å²) in [7, 11) is 0. The smallest absolute Gasteiger partial charge is 0.266 e. The molecule has 1 N–H and O–H groups in total. The van der Waals surface area contributed by atoms with E-state index in [1.165, 1.54) is 11.3 Å². The number of nitriles is 1. The first-order valence-corrected chi connectivity index (χ1v) is 11.3. The van der Waals surface area contributed by atoms with Crippen LogP contribution in [0.2, 0.25) is 0 Å². The highest BCUT2D eigenvalue weighted by molar-refractivity contribution is 6.09. The minimum Gasteiger partial charge on any atom is -0.494 e. The van der Waals surface area contributed by atoms with Crippen molar-refractivity contribution in [2.45, 2.75) is 65.5 Å². The summed E-state index contributed by atoms with van der Waals surface area (Å²) in [6.07, 6.45) is 2.71. The predicted octanol–water partition coefficient (Wildman–Crippen LogP) is 6.13. The molecular formula is C27H33N3O2.